The first-order chi connectivity index (χ1) is 6.74. The van der Waals surface area contributed by atoms with E-state index in [1.165, 1.54) is 23.1 Å². The topological polar surface area (TPSA) is 78.1 Å². The third kappa shape index (κ3) is 1.38. The molecule has 0 amide bonds. The zero-order valence-electron chi connectivity index (χ0n) is 8.29. The second-order valence-corrected chi connectivity index (χ2v) is 3.90. The van der Waals surface area contributed by atoms with Crippen molar-refractivity contribution in [3.8, 4) is 0 Å². The maximum Gasteiger partial charge on any atom is 0.0422 e. The summed E-state index contributed by atoms with van der Waals surface area (Å²) < 4.78 is 0. The van der Waals surface area contributed by atoms with E-state index in [-0.39, 0.29) is 6.04 Å². The second kappa shape index (κ2) is 3.59. The van der Waals surface area contributed by atoms with Crippen molar-refractivity contribution in [1.82, 2.24) is 0 Å². The Bertz CT molecular complexity index is 347. The lowest BCUT2D eigenvalue weighted by Gasteiger charge is -2.15. The first-order valence-electron chi connectivity index (χ1n) is 5.09. The molecule has 76 valence electrons. The minimum atomic E-state index is -0.0394. The summed E-state index contributed by atoms with van der Waals surface area (Å²) in [6.07, 6.45) is 3.38. The molecule has 0 saturated heterocycles. The van der Waals surface area contributed by atoms with Crippen molar-refractivity contribution in [2.45, 2.75) is 25.3 Å². The quantitative estimate of drug-likeness (QED) is 0.603. The Balaban J connectivity index is 2.48. The molecule has 1 aliphatic rings. The second-order valence-electron chi connectivity index (χ2n) is 3.90. The van der Waals surface area contributed by atoms with Crippen LogP contribution in [0.3, 0.4) is 0 Å². The predicted molar refractivity (Wildman–Crippen MR) is 58.9 cm³/mol. The summed E-state index contributed by atoms with van der Waals surface area (Å²) in [5, 5.41) is 0. The van der Waals surface area contributed by atoms with E-state index in [0.717, 1.165) is 18.5 Å². The van der Waals surface area contributed by atoms with Crippen molar-refractivity contribution in [3.63, 3.8) is 0 Å². The molecular weight excluding hydrogens is 174 g/mol. The third-order valence-electron chi connectivity index (χ3n) is 3.01. The zero-order chi connectivity index (χ0) is 10.1. The monoisotopic (exact) mass is 191 g/mol. The van der Waals surface area contributed by atoms with Crippen molar-refractivity contribution in [2.24, 2.45) is 11.5 Å². The molecule has 0 aliphatic heterocycles. The van der Waals surface area contributed by atoms with E-state index in [2.05, 4.69) is 0 Å². The van der Waals surface area contributed by atoms with E-state index in [4.69, 9.17) is 17.2 Å². The van der Waals surface area contributed by atoms with Gasteiger partial charge >= 0.3 is 0 Å². The highest BCUT2D eigenvalue weighted by Gasteiger charge is 2.19. The van der Waals surface area contributed by atoms with Crippen LogP contribution in [0.1, 0.15) is 29.2 Å². The molecular formula is C11H17N3. The number of benzene rings is 1. The smallest absolute Gasteiger partial charge is 0.0422 e. The van der Waals surface area contributed by atoms with Gasteiger partial charge in [-0.05, 0) is 42.0 Å². The van der Waals surface area contributed by atoms with Crippen molar-refractivity contribution >= 4 is 5.69 Å². The highest BCUT2D eigenvalue weighted by molar-refractivity contribution is 5.56. The Morgan fingerprint density at radius 3 is 2.64 bits per heavy atom. The van der Waals surface area contributed by atoms with Crippen LogP contribution in [0, 0.1) is 0 Å². The summed E-state index contributed by atoms with van der Waals surface area (Å²) in [6, 6.07) is 3.94. The highest BCUT2D eigenvalue weighted by Crippen LogP contribution is 2.32. The number of hydrogen-bond donors (Lipinski definition) is 3. The SMILES string of the molecule is NC[C@@H](N)c1ccc(N)c2c1CCC2. The molecule has 0 spiro atoms. The van der Waals surface area contributed by atoms with Crippen LogP contribution in [0.2, 0.25) is 0 Å². The predicted octanol–water partition coefficient (Wildman–Crippen LogP) is 0.716. The number of hydrogen-bond acceptors (Lipinski definition) is 3. The van der Waals surface area contributed by atoms with Crippen LogP contribution in [-0.2, 0) is 12.8 Å². The summed E-state index contributed by atoms with van der Waals surface area (Å²) in [4.78, 5) is 0. The normalized spacial score (nSPS) is 16.7. The lowest BCUT2D eigenvalue weighted by atomic mass is 9.97. The van der Waals surface area contributed by atoms with E-state index < -0.39 is 0 Å². The van der Waals surface area contributed by atoms with Gasteiger partial charge in [0, 0.05) is 18.3 Å². The van der Waals surface area contributed by atoms with Crippen LogP contribution < -0.4 is 17.2 Å². The molecule has 1 atom stereocenters. The first-order valence-corrected chi connectivity index (χ1v) is 5.09. The number of rotatable bonds is 2. The highest BCUT2D eigenvalue weighted by atomic mass is 14.7. The van der Waals surface area contributed by atoms with Crippen LogP contribution in [0.25, 0.3) is 0 Å². The molecule has 0 bridgehead atoms. The molecule has 0 fully saturated rings. The standard InChI is InChI=1S/C11H17N3/c12-6-11(14)9-4-5-10(13)8-3-1-2-7(8)9/h4-5,11H,1-3,6,12-14H2/t11-/m1/s1. The lowest BCUT2D eigenvalue weighted by Crippen LogP contribution is -2.22. The number of anilines is 1. The molecule has 0 heterocycles. The fraction of sp³-hybridized carbons (Fsp3) is 0.455. The van der Waals surface area contributed by atoms with E-state index in [1.807, 2.05) is 12.1 Å². The Kier molecular flexibility index (Phi) is 2.44. The summed E-state index contributed by atoms with van der Waals surface area (Å²) >= 11 is 0. The van der Waals surface area contributed by atoms with Gasteiger partial charge in [-0.25, -0.2) is 0 Å². The van der Waals surface area contributed by atoms with Gasteiger partial charge in [-0.15, -0.1) is 0 Å². The molecule has 0 radical (unpaired) electrons. The maximum absolute atomic E-state index is 5.95. The maximum atomic E-state index is 5.95. The Hall–Kier alpha value is -1.06. The average molecular weight is 191 g/mol. The van der Waals surface area contributed by atoms with Crippen molar-refractivity contribution in [1.29, 1.82) is 0 Å². The van der Waals surface area contributed by atoms with E-state index in [9.17, 15) is 0 Å². The molecule has 0 saturated carbocycles. The van der Waals surface area contributed by atoms with Gasteiger partial charge in [-0.2, -0.15) is 0 Å². The number of nitrogens with two attached hydrogens (primary N) is 3. The van der Waals surface area contributed by atoms with E-state index >= 15 is 0 Å². The van der Waals surface area contributed by atoms with Crippen molar-refractivity contribution in [2.75, 3.05) is 12.3 Å². The van der Waals surface area contributed by atoms with Gasteiger partial charge in [0.2, 0.25) is 0 Å². The van der Waals surface area contributed by atoms with Crippen LogP contribution in [0.15, 0.2) is 12.1 Å². The van der Waals surface area contributed by atoms with Gasteiger partial charge in [0.1, 0.15) is 0 Å². The molecule has 14 heavy (non-hydrogen) atoms. The van der Waals surface area contributed by atoms with Crippen LogP contribution >= 0.6 is 0 Å². The minimum absolute atomic E-state index is 0.0394. The first kappa shape index (κ1) is 9.49. The average Bonchev–Trinajstić information content (AvgIpc) is 2.67. The summed E-state index contributed by atoms with van der Waals surface area (Å²) in [5.74, 6) is 0. The third-order valence-corrected chi connectivity index (χ3v) is 3.01. The fourth-order valence-electron chi connectivity index (χ4n) is 2.24. The van der Waals surface area contributed by atoms with Gasteiger partial charge in [-0.1, -0.05) is 6.07 Å². The Morgan fingerprint density at radius 1 is 1.21 bits per heavy atom. The summed E-state index contributed by atoms with van der Waals surface area (Å²) in [5.41, 5.74) is 22.2. The van der Waals surface area contributed by atoms with Crippen LogP contribution in [-0.4, -0.2) is 6.54 Å². The molecule has 0 unspecified atom stereocenters. The number of fused-ring (bicyclic) bond motifs is 1. The minimum Gasteiger partial charge on any atom is -0.398 e. The van der Waals surface area contributed by atoms with Gasteiger partial charge in [0.05, 0.1) is 0 Å². The molecule has 1 aromatic carbocycles. The Labute approximate surface area is 84.3 Å². The van der Waals surface area contributed by atoms with Gasteiger partial charge in [-0.3, -0.25) is 0 Å². The van der Waals surface area contributed by atoms with Crippen LogP contribution in [0.5, 0.6) is 0 Å². The summed E-state index contributed by atoms with van der Waals surface area (Å²) in [6.45, 7) is 0.496. The molecule has 3 heteroatoms. The van der Waals surface area contributed by atoms with Gasteiger partial charge < -0.3 is 17.2 Å². The molecule has 6 N–H and O–H groups in total. The molecule has 1 aliphatic carbocycles. The largest absolute Gasteiger partial charge is 0.398 e. The van der Waals surface area contributed by atoms with Crippen molar-refractivity contribution < 1.29 is 0 Å². The summed E-state index contributed by atoms with van der Waals surface area (Å²) in [7, 11) is 0. The molecule has 0 aromatic heterocycles. The van der Waals surface area contributed by atoms with Crippen LogP contribution in [0.4, 0.5) is 5.69 Å². The molecule has 2 rings (SSSR count). The van der Waals surface area contributed by atoms with Gasteiger partial charge in [0.25, 0.3) is 0 Å². The zero-order valence-corrected chi connectivity index (χ0v) is 8.29. The lowest BCUT2D eigenvalue weighted by molar-refractivity contribution is 0.727. The number of nitrogen functional groups attached to an aromatic ring is 1. The van der Waals surface area contributed by atoms with Gasteiger partial charge in [0.15, 0.2) is 0 Å². The molecule has 1 aromatic rings. The van der Waals surface area contributed by atoms with E-state index in [0.29, 0.717) is 6.54 Å². The molecule has 3 nitrogen and oxygen atoms in total. The van der Waals surface area contributed by atoms with Crippen molar-refractivity contribution in [3.05, 3.63) is 28.8 Å². The Morgan fingerprint density at radius 2 is 1.93 bits per heavy atom. The van der Waals surface area contributed by atoms with E-state index in [1.54, 1.807) is 0 Å². The fourth-order valence-corrected chi connectivity index (χ4v) is 2.24.